The third-order valence-corrected chi connectivity index (χ3v) is 5.85. The van der Waals surface area contributed by atoms with Crippen molar-refractivity contribution in [2.45, 2.75) is 12.3 Å². The Morgan fingerprint density at radius 3 is 2.75 bits per heavy atom. The second-order valence-electron chi connectivity index (χ2n) is 6.22. The molecule has 0 aromatic heterocycles. The third kappa shape index (κ3) is 2.70. The summed E-state index contributed by atoms with van der Waals surface area (Å²) in [5.74, 6) is 0.383. The molecule has 2 aliphatic rings. The van der Waals surface area contributed by atoms with Crippen LogP contribution >= 0.6 is 11.8 Å². The van der Waals surface area contributed by atoms with Crippen molar-refractivity contribution in [2.24, 2.45) is 5.92 Å². The van der Waals surface area contributed by atoms with Gasteiger partial charge in [0.05, 0.1) is 0 Å². The van der Waals surface area contributed by atoms with Gasteiger partial charge in [-0.25, -0.2) is 4.79 Å². The molecule has 122 valence electrons. The van der Waals surface area contributed by atoms with Crippen LogP contribution in [0, 0.1) is 5.92 Å². The minimum atomic E-state index is -0.0740. The van der Waals surface area contributed by atoms with E-state index >= 15 is 0 Å². The van der Waals surface area contributed by atoms with Crippen LogP contribution < -0.4 is 15.1 Å². The molecular weight excluding hydrogens is 318 g/mol. The molecule has 24 heavy (non-hydrogen) atoms. The van der Waals surface area contributed by atoms with Gasteiger partial charge in [-0.05, 0) is 18.2 Å². The molecule has 2 heterocycles. The van der Waals surface area contributed by atoms with Gasteiger partial charge in [-0.3, -0.25) is 9.80 Å². The van der Waals surface area contributed by atoms with Gasteiger partial charge in [-0.1, -0.05) is 49.0 Å². The predicted octanol–water partition coefficient (Wildman–Crippen LogP) is 3.44. The van der Waals surface area contributed by atoms with Gasteiger partial charge in [-0.15, -0.1) is 0 Å². The molecule has 4 rings (SSSR count). The molecule has 4 nitrogen and oxygen atoms in total. The van der Waals surface area contributed by atoms with E-state index in [1.807, 2.05) is 65.2 Å². The highest BCUT2D eigenvalue weighted by molar-refractivity contribution is 8.02. The third-order valence-electron chi connectivity index (χ3n) is 4.54. The number of carbonyl (C=O) groups is 1. The van der Waals surface area contributed by atoms with E-state index in [1.54, 1.807) is 0 Å². The molecule has 2 aromatic rings. The van der Waals surface area contributed by atoms with E-state index in [0.29, 0.717) is 17.8 Å². The van der Waals surface area contributed by atoms with Crippen molar-refractivity contribution in [3.05, 3.63) is 66.2 Å². The zero-order chi connectivity index (χ0) is 16.5. The number of carbonyl (C=O) groups excluding carboxylic acids is 1. The molecule has 0 spiro atoms. The first-order valence-corrected chi connectivity index (χ1v) is 9.10. The zero-order valence-electron chi connectivity index (χ0n) is 13.5. The van der Waals surface area contributed by atoms with Crippen LogP contribution in [0.5, 0.6) is 0 Å². The minimum Gasteiger partial charge on any atom is -0.308 e. The summed E-state index contributed by atoms with van der Waals surface area (Å²) in [6.45, 7) is 2.93. The smallest absolute Gasteiger partial charge is 0.308 e. The number of amides is 2. The highest BCUT2D eigenvalue weighted by atomic mass is 32.2. The minimum absolute atomic E-state index is 0.0740. The van der Waals surface area contributed by atoms with E-state index < -0.39 is 0 Å². The van der Waals surface area contributed by atoms with Crippen molar-refractivity contribution >= 4 is 34.9 Å². The van der Waals surface area contributed by atoms with E-state index in [0.717, 1.165) is 17.1 Å². The van der Waals surface area contributed by atoms with Crippen LogP contribution in [0.3, 0.4) is 0 Å². The van der Waals surface area contributed by atoms with Crippen LogP contribution in [0.25, 0.3) is 0 Å². The SMILES string of the molecule is CC1CN(C(=O)Nc2ccccc2)c2ccccc2[NH+]2C=CSC12. The van der Waals surface area contributed by atoms with Crippen LogP contribution in [0.4, 0.5) is 21.9 Å². The van der Waals surface area contributed by atoms with Crippen LogP contribution in [0.2, 0.25) is 0 Å². The number of fused-ring (bicyclic) bond motifs is 3. The average molecular weight is 338 g/mol. The predicted molar refractivity (Wildman–Crippen MR) is 99.6 cm³/mol. The topological polar surface area (TPSA) is 36.8 Å². The number of thioether (sulfide) groups is 1. The molecule has 0 aliphatic carbocycles. The molecule has 0 saturated carbocycles. The molecule has 0 saturated heterocycles. The number of quaternary nitrogens is 1. The Hall–Kier alpha value is -2.24. The van der Waals surface area contributed by atoms with Crippen molar-refractivity contribution in [2.75, 3.05) is 16.8 Å². The number of urea groups is 1. The first-order valence-electron chi connectivity index (χ1n) is 8.16. The van der Waals surface area contributed by atoms with Gasteiger partial charge in [0.2, 0.25) is 0 Å². The highest BCUT2D eigenvalue weighted by Gasteiger charge is 2.40. The highest BCUT2D eigenvalue weighted by Crippen LogP contribution is 2.33. The van der Waals surface area contributed by atoms with Crippen molar-refractivity contribution < 1.29 is 9.69 Å². The van der Waals surface area contributed by atoms with Gasteiger partial charge in [0.25, 0.3) is 0 Å². The summed E-state index contributed by atoms with van der Waals surface area (Å²) >= 11 is 1.85. The van der Waals surface area contributed by atoms with E-state index in [1.165, 1.54) is 4.90 Å². The molecule has 2 N–H and O–H groups in total. The Balaban J connectivity index is 1.69. The van der Waals surface area contributed by atoms with E-state index in [-0.39, 0.29) is 6.03 Å². The summed E-state index contributed by atoms with van der Waals surface area (Å²) in [6, 6.07) is 17.7. The Morgan fingerprint density at radius 1 is 1.17 bits per heavy atom. The molecule has 0 bridgehead atoms. The van der Waals surface area contributed by atoms with Crippen LogP contribution in [0.15, 0.2) is 66.2 Å². The van der Waals surface area contributed by atoms with Gasteiger partial charge in [0.1, 0.15) is 11.9 Å². The van der Waals surface area contributed by atoms with Crippen LogP contribution in [0.1, 0.15) is 6.92 Å². The second-order valence-corrected chi connectivity index (χ2v) is 7.27. The lowest BCUT2D eigenvalue weighted by atomic mass is 10.1. The quantitative estimate of drug-likeness (QED) is 0.836. The Labute approximate surface area is 146 Å². The molecule has 0 fully saturated rings. The Bertz CT molecular complexity index is 777. The van der Waals surface area contributed by atoms with Crippen LogP contribution in [-0.2, 0) is 0 Å². The van der Waals surface area contributed by atoms with Gasteiger partial charge >= 0.3 is 6.03 Å². The molecule has 3 unspecified atom stereocenters. The van der Waals surface area contributed by atoms with Gasteiger partial charge in [-0.2, -0.15) is 0 Å². The van der Waals surface area contributed by atoms with Crippen molar-refractivity contribution in [1.29, 1.82) is 0 Å². The number of hydrogen-bond donors (Lipinski definition) is 2. The van der Waals surface area contributed by atoms with E-state index in [9.17, 15) is 4.79 Å². The maximum absolute atomic E-state index is 12.9. The summed E-state index contributed by atoms with van der Waals surface area (Å²) in [4.78, 5) is 16.1. The molecule has 2 amide bonds. The molecule has 2 aliphatic heterocycles. The Kier molecular flexibility index (Phi) is 4.04. The molecule has 5 heteroatoms. The largest absolute Gasteiger partial charge is 0.326 e. The lowest BCUT2D eigenvalue weighted by Crippen LogP contribution is -3.05. The number of benzene rings is 2. The molecular formula is C19H20N3OS+. The van der Waals surface area contributed by atoms with Gasteiger partial charge < -0.3 is 5.32 Å². The average Bonchev–Trinajstić information content (AvgIpc) is 3.06. The Morgan fingerprint density at radius 2 is 1.92 bits per heavy atom. The van der Waals surface area contributed by atoms with Crippen molar-refractivity contribution in [1.82, 2.24) is 0 Å². The normalized spacial score (nSPS) is 24.9. The fraction of sp³-hybridized carbons (Fsp3) is 0.211. The second kappa shape index (κ2) is 6.34. The monoisotopic (exact) mass is 338 g/mol. The van der Waals surface area contributed by atoms with Gasteiger partial charge in [0, 0.05) is 29.6 Å². The van der Waals surface area contributed by atoms with Crippen LogP contribution in [-0.4, -0.2) is 17.9 Å². The maximum Gasteiger partial charge on any atom is 0.326 e. The molecule has 3 atom stereocenters. The summed E-state index contributed by atoms with van der Waals surface area (Å²) in [5, 5.41) is 5.61. The summed E-state index contributed by atoms with van der Waals surface area (Å²) in [5.41, 5.74) is 2.97. The van der Waals surface area contributed by atoms with E-state index in [2.05, 4.69) is 29.9 Å². The lowest BCUT2D eigenvalue weighted by Gasteiger charge is -2.23. The number of hydrogen-bond acceptors (Lipinski definition) is 2. The number of para-hydroxylation sites is 3. The fourth-order valence-electron chi connectivity index (χ4n) is 3.39. The van der Waals surface area contributed by atoms with Crippen molar-refractivity contribution in [3.8, 4) is 0 Å². The first kappa shape index (κ1) is 15.3. The van der Waals surface area contributed by atoms with E-state index in [4.69, 9.17) is 0 Å². The summed E-state index contributed by atoms with van der Waals surface area (Å²) in [7, 11) is 0. The zero-order valence-corrected chi connectivity index (χ0v) is 14.3. The number of nitrogens with zero attached hydrogens (tertiary/aromatic N) is 1. The van der Waals surface area contributed by atoms with Gasteiger partial charge in [0.15, 0.2) is 11.1 Å². The summed E-state index contributed by atoms with van der Waals surface area (Å²) < 4.78 is 0. The number of rotatable bonds is 1. The molecule has 2 aromatic carbocycles. The fourth-order valence-corrected chi connectivity index (χ4v) is 4.49. The number of nitrogens with one attached hydrogen (secondary N) is 2. The number of anilines is 2. The van der Waals surface area contributed by atoms with Crippen molar-refractivity contribution in [3.63, 3.8) is 0 Å². The standard InChI is InChI=1S/C19H19N3OS/c1-14-13-22(19(23)20-15-7-3-2-4-8-15)17-10-6-5-9-16(17)21-11-12-24-18(14)21/h2-12,14,18H,13H2,1H3,(H,20,23)/p+1. The first-order chi connectivity index (χ1) is 11.7. The molecule has 0 radical (unpaired) electrons. The lowest BCUT2D eigenvalue weighted by molar-refractivity contribution is -0.787. The summed E-state index contributed by atoms with van der Waals surface area (Å²) in [6.07, 6.45) is 2.20. The maximum atomic E-state index is 12.9.